The predicted molar refractivity (Wildman–Crippen MR) is 140 cm³/mol. The van der Waals surface area contributed by atoms with Crippen molar-refractivity contribution < 1.29 is 14.7 Å². The van der Waals surface area contributed by atoms with E-state index >= 15 is 0 Å². The van der Waals surface area contributed by atoms with Gasteiger partial charge in [0, 0.05) is 23.7 Å². The second-order valence-corrected chi connectivity index (χ2v) is 8.48. The van der Waals surface area contributed by atoms with E-state index in [1.54, 1.807) is 30.5 Å². The fourth-order valence-electron chi connectivity index (χ4n) is 3.40. The van der Waals surface area contributed by atoms with Crippen LogP contribution in [0.2, 0.25) is 5.02 Å². The molecule has 0 aliphatic carbocycles. The average molecular weight is 493 g/mol. The SMILES string of the molecule is CCN(CCO)Cc1ccc(C(=O)Nc2ccc(Cl)cc2C(=O)NN=Cc2ccc(C)cc2)cc1. The van der Waals surface area contributed by atoms with Crippen LogP contribution >= 0.6 is 11.6 Å². The molecule has 0 aliphatic rings. The van der Waals surface area contributed by atoms with E-state index < -0.39 is 5.91 Å². The summed E-state index contributed by atoms with van der Waals surface area (Å²) in [7, 11) is 0. The fourth-order valence-corrected chi connectivity index (χ4v) is 3.57. The van der Waals surface area contributed by atoms with Crippen molar-refractivity contribution in [1.82, 2.24) is 10.3 Å². The van der Waals surface area contributed by atoms with E-state index in [4.69, 9.17) is 16.7 Å². The van der Waals surface area contributed by atoms with Gasteiger partial charge in [-0.15, -0.1) is 0 Å². The van der Waals surface area contributed by atoms with Crippen LogP contribution in [-0.2, 0) is 6.54 Å². The van der Waals surface area contributed by atoms with Gasteiger partial charge in [-0.25, -0.2) is 5.43 Å². The Bertz CT molecular complexity index is 1180. The Morgan fingerprint density at radius 1 is 1.03 bits per heavy atom. The number of nitrogens with one attached hydrogen (secondary N) is 2. The Hall–Kier alpha value is -3.52. The lowest BCUT2D eigenvalue weighted by Crippen LogP contribution is -2.26. The van der Waals surface area contributed by atoms with E-state index in [-0.39, 0.29) is 18.1 Å². The second-order valence-electron chi connectivity index (χ2n) is 8.04. The number of hydrogen-bond acceptors (Lipinski definition) is 5. The normalized spacial score (nSPS) is 11.1. The summed E-state index contributed by atoms with van der Waals surface area (Å²) in [5.41, 5.74) is 6.48. The quantitative estimate of drug-likeness (QED) is 0.287. The molecule has 7 nitrogen and oxygen atoms in total. The number of hydrogen-bond donors (Lipinski definition) is 3. The van der Waals surface area contributed by atoms with Gasteiger partial charge in [0.2, 0.25) is 0 Å². The number of amides is 2. The number of carbonyl (C=O) groups excluding carboxylic acids is 2. The van der Waals surface area contributed by atoms with Crippen molar-refractivity contribution in [2.75, 3.05) is 25.0 Å². The molecule has 35 heavy (non-hydrogen) atoms. The summed E-state index contributed by atoms with van der Waals surface area (Å²) in [6.07, 6.45) is 1.54. The number of aliphatic hydroxyl groups is 1. The first-order valence-corrected chi connectivity index (χ1v) is 11.7. The first kappa shape index (κ1) is 26.1. The zero-order valence-corrected chi connectivity index (χ0v) is 20.5. The maximum Gasteiger partial charge on any atom is 0.273 e. The van der Waals surface area contributed by atoms with E-state index in [1.807, 2.05) is 50.2 Å². The van der Waals surface area contributed by atoms with Crippen LogP contribution in [0.15, 0.2) is 71.8 Å². The van der Waals surface area contributed by atoms with Crippen molar-refractivity contribution in [1.29, 1.82) is 0 Å². The maximum atomic E-state index is 12.8. The third kappa shape index (κ3) is 7.75. The Labute approximate surface area is 210 Å². The first-order chi connectivity index (χ1) is 16.9. The van der Waals surface area contributed by atoms with Crippen molar-refractivity contribution in [2.24, 2.45) is 5.10 Å². The lowest BCUT2D eigenvalue weighted by Gasteiger charge is -2.19. The number of hydrazone groups is 1. The number of carbonyl (C=O) groups is 2. The lowest BCUT2D eigenvalue weighted by atomic mass is 10.1. The van der Waals surface area contributed by atoms with Gasteiger partial charge < -0.3 is 10.4 Å². The number of nitrogens with zero attached hydrogens (tertiary/aromatic N) is 2. The fraction of sp³-hybridized carbons (Fsp3) is 0.222. The summed E-state index contributed by atoms with van der Waals surface area (Å²) in [4.78, 5) is 27.7. The molecule has 2 amide bonds. The molecule has 8 heteroatoms. The van der Waals surface area contributed by atoms with Crippen molar-refractivity contribution in [3.63, 3.8) is 0 Å². The van der Waals surface area contributed by atoms with Crippen molar-refractivity contribution >= 4 is 35.3 Å². The molecule has 0 spiro atoms. The molecule has 0 bridgehead atoms. The molecule has 0 heterocycles. The highest BCUT2D eigenvalue weighted by molar-refractivity contribution is 6.31. The van der Waals surface area contributed by atoms with Crippen molar-refractivity contribution in [3.05, 3.63) is 99.6 Å². The van der Waals surface area contributed by atoms with Gasteiger partial charge >= 0.3 is 0 Å². The molecule has 0 atom stereocenters. The molecule has 0 aliphatic heterocycles. The van der Waals surface area contributed by atoms with Gasteiger partial charge in [-0.2, -0.15) is 5.10 Å². The second kappa shape index (κ2) is 12.8. The zero-order valence-electron chi connectivity index (χ0n) is 19.8. The minimum absolute atomic E-state index is 0.0998. The third-order valence-corrected chi connectivity index (χ3v) is 5.65. The van der Waals surface area contributed by atoms with E-state index in [9.17, 15) is 9.59 Å². The molecule has 0 fully saturated rings. The van der Waals surface area contributed by atoms with Crippen molar-refractivity contribution in [3.8, 4) is 0 Å². The van der Waals surface area contributed by atoms with E-state index in [0.717, 1.165) is 23.2 Å². The topological polar surface area (TPSA) is 94.0 Å². The minimum Gasteiger partial charge on any atom is -0.395 e. The van der Waals surface area contributed by atoms with E-state index in [0.29, 0.717) is 29.4 Å². The molecule has 3 N–H and O–H groups in total. The summed E-state index contributed by atoms with van der Waals surface area (Å²) in [6, 6.07) is 19.6. The Kier molecular flexibility index (Phi) is 9.55. The van der Waals surface area contributed by atoms with Crippen LogP contribution in [0.3, 0.4) is 0 Å². The molecule has 0 saturated carbocycles. The monoisotopic (exact) mass is 492 g/mol. The largest absolute Gasteiger partial charge is 0.395 e. The van der Waals surface area contributed by atoms with Gasteiger partial charge in [0.25, 0.3) is 11.8 Å². The van der Waals surface area contributed by atoms with Crippen LogP contribution in [0.5, 0.6) is 0 Å². The van der Waals surface area contributed by atoms with Gasteiger partial charge in [-0.3, -0.25) is 14.5 Å². The summed E-state index contributed by atoms with van der Waals surface area (Å²) in [5, 5.41) is 16.3. The highest BCUT2D eigenvalue weighted by Gasteiger charge is 2.15. The Morgan fingerprint density at radius 3 is 2.40 bits per heavy atom. The van der Waals surface area contributed by atoms with E-state index in [2.05, 4.69) is 20.7 Å². The highest BCUT2D eigenvalue weighted by Crippen LogP contribution is 2.22. The predicted octanol–water partition coefficient (Wildman–Crippen LogP) is 4.48. The van der Waals surface area contributed by atoms with Crippen LogP contribution in [-0.4, -0.2) is 47.7 Å². The summed E-state index contributed by atoms with van der Waals surface area (Å²) in [5.74, 6) is -0.844. The molecule has 3 rings (SSSR count). The minimum atomic E-state index is -0.495. The summed E-state index contributed by atoms with van der Waals surface area (Å²) in [6.45, 7) is 6.22. The summed E-state index contributed by atoms with van der Waals surface area (Å²) >= 11 is 6.10. The number of likely N-dealkylation sites (N-methyl/N-ethyl adjacent to an activating group) is 1. The zero-order chi connectivity index (χ0) is 25.2. The van der Waals surface area contributed by atoms with Gasteiger partial charge in [0.15, 0.2) is 0 Å². The van der Waals surface area contributed by atoms with Crippen LogP contribution in [0.25, 0.3) is 0 Å². The molecule has 0 saturated heterocycles. The van der Waals surface area contributed by atoms with Crippen molar-refractivity contribution in [2.45, 2.75) is 20.4 Å². The van der Waals surface area contributed by atoms with Gasteiger partial charge in [0.1, 0.15) is 0 Å². The third-order valence-electron chi connectivity index (χ3n) is 5.42. The average Bonchev–Trinajstić information content (AvgIpc) is 2.86. The lowest BCUT2D eigenvalue weighted by molar-refractivity contribution is 0.0956. The molecular formula is C27H29ClN4O3. The molecule has 0 radical (unpaired) electrons. The molecule has 3 aromatic rings. The number of halogens is 1. The standard InChI is InChI=1S/C27H29ClN4O3/c1-3-32(14-15-33)18-21-8-10-22(11-9-21)26(34)30-25-13-12-23(28)16-24(25)27(35)31-29-17-20-6-4-19(2)5-7-20/h4-13,16-17,33H,3,14-15,18H2,1-2H3,(H,30,34)(H,31,35). The number of anilines is 1. The molecule has 3 aromatic carbocycles. The van der Waals surface area contributed by atoms with Gasteiger partial charge in [-0.05, 0) is 54.9 Å². The van der Waals surface area contributed by atoms with Crippen LogP contribution in [0.4, 0.5) is 5.69 Å². The van der Waals surface area contributed by atoms with Crippen LogP contribution < -0.4 is 10.7 Å². The Morgan fingerprint density at radius 2 is 1.74 bits per heavy atom. The highest BCUT2D eigenvalue weighted by atomic mass is 35.5. The number of benzene rings is 3. The summed E-state index contributed by atoms with van der Waals surface area (Å²) < 4.78 is 0. The number of aliphatic hydroxyl groups excluding tert-OH is 1. The van der Waals surface area contributed by atoms with Gasteiger partial charge in [-0.1, -0.05) is 60.5 Å². The van der Waals surface area contributed by atoms with Crippen LogP contribution in [0.1, 0.15) is 44.3 Å². The maximum absolute atomic E-state index is 12.8. The number of rotatable bonds is 10. The molecular weight excluding hydrogens is 464 g/mol. The molecule has 0 aromatic heterocycles. The Balaban J connectivity index is 1.68. The smallest absolute Gasteiger partial charge is 0.273 e. The van der Waals surface area contributed by atoms with E-state index in [1.165, 1.54) is 6.07 Å². The first-order valence-electron chi connectivity index (χ1n) is 11.3. The molecule has 0 unspecified atom stereocenters. The van der Waals surface area contributed by atoms with Gasteiger partial charge in [0.05, 0.1) is 24.1 Å². The number of aryl methyl sites for hydroxylation is 1. The van der Waals surface area contributed by atoms with Crippen LogP contribution in [0, 0.1) is 6.92 Å². The molecule has 182 valence electrons.